The highest BCUT2D eigenvalue weighted by Gasteiger charge is 2.31. The van der Waals surface area contributed by atoms with Gasteiger partial charge >= 0.3 is 0 Å². The monoisotopic (exact) mass is 247 g/mol. The zero-order valence-corrected chi connectivity index (χ0v) is 10.2. The van der Waals surface area contributed by atoms with Crippen LogP contribution in [0.15, 0.2) is 12.3 Å². The molecule has 2 aliphatic rings. The van der Waals surface area contributed by atoms with Gasteiger partial charge in [0.15, 0.2) is 0 Å². The second-order valence-electron chi connectivity index (χ2n) is 5.09. The second-order valence-corrected chi connectivity index (χ2v) is 5.09. The minimum absolute atomic E-state index is 0.0864. The Morgan fingerprint density at radius 3 is 2.89 bits per heavy atom. The molecule has 5 nitrogen and oxygen atoms in total. The van der Waals surface area contributed by atoms with E-state index in [9.17, 15) is 9.59 Å². The molecule has 0 radical (unpaired) electrons. The quantitative estimate of drug-likeness (QED) is 0.721. The predicted molar refractivity (Wildman–Crippen MR) is 65.7 cm³/mol. The van der Waals surface area contributed by atoms with Gasteiger partial charge in [0.25, 0.3) is 0 Å². The van der Waals surface area contributed by atoms with Gasteiger partial charge in [0, 0.05) is 24.4 Å². The molecule has 1 saturated heterocycles. The number of aromatic nitrogens is 1. The highest BCUT2D eigenvalue weighted by atomic mass is 16.2. The van der Waals surface area contributed by atoms with Crippen LogP contribution in [0.4, 0.5) is 0 Å². The van der Waals surface area contributed by atoms with E-state index < -0.39 is 0 Å². The van der Waals surface area contributed by atoms with E-state index in [4.69, 9.17) is 5.73 Å². The molecule has 96 valence electrons. The molecule has 1 aliphatic heterocycles. The molecule has 2 heterocycles. The van der Waals surface area contributed by atoms with Crippen LogP contribution >= 0.6 is 0 Å². The van der Waals surface area contributed by atoms with Gasteiger partial charge in [-0.05, 0) is 37.3 Å². The van der Waals surface area contributed by atoms with Crippen LogP contribution in [0.1, 0.15) is 49.0 Å². The lowest BCUT2D eigenvalue weighted by atomic mass is 9.93. The van der Waals surface area contributed by atoms with Gasteiger partial charge in [0.05, 0.1) is 0 Å². The van der Waals surface area contributed by atoms with Crippen molar-refractivity contribution in [3.63, 3.8) is 0 Å². The number of nitrogens with two attached hydrogens (primary N) is 1. The Morgan fingerprint density at radius 1 is 1.28 bits per heavy atom. The molecule has 1 aliphatic carbocycles. The number of fused-ring (bicyclic) bond motifs is 1. The number of nitrogens with one attached hydrogen (secondary N) is 1. The Bertz CT molecular complexity index is 506. The zero-order chi connectivity index (χ0) is 12.7. The van der Waals surface area contributed by atoms with E-state index in [2.05, 4.69) is 5.32 Å². The summed E-state index contributed by atoms with van der Waals surface area (Å²) < 4.78 is 2.01. The summed E-state index contributed by atoms with van der Waals surface area (Å²) in [6.45, 7) is 0. The lowest BCUT2D eigenvalue weighted by Gasteiger charge is -2.27. The Labute approximate surface area is 105 Å². The van der Waals surface area contributed by atoms with Crippen LogP contribution < -0.4 is 11.1 Å². The van der Waals surface area contributed by atoms with Crippen molar-refractivity contribution in [2.24, 2.45) is 5.73 Å². The number of carbonyl (C=O) groups is 2. The van der Waals surface area contributed by atoms with E-state index in [-0.39, 0.29) is 23.9 Å². The topological polar surface area (TPSA) is 77.1 Å². The summed E-state index contributed by atoms with van der Waals surface area (Å²) >= 11 is 0. The standard InChI is InChI=1S/C13H17N3O2/c14-9-2-1-3-10-8(9)6-7-16(10)11-4-5-12(17)15-13(11)18/h6-7,9,11H,1-5,14H2,(H,15,17,18). The summed E-state index contributed by atoms with van der Waals surface area (Å²) in [5.41, 5.74) is 8.41. The fourth-order valence-corrected chi connectivity index (χ4v) is 2.99. The predicted octanol–water partition coefficient (Wildman–Crippen LogP) is 0.802. The molecule has 0 spiro atoms. The number of amides is 2. The van der Waals surface area contributed by atoms with Crippen molar-refractivity contribution in [2.45, 2.75) is 44.2 Å². The Hall–Kier alpha value is -1.62. The second kappa shape index (κ2) is 4.24. The molecule has 18 heavy (non-hydrogen) atoms. The van der Waals surface area contributed by atoms with Gasteiger partial charge in [0.2, 0.25) is 11.8 Å². The average Bonchev–Trinajstić information content (AvgIpc) is 2.74. The molecule has 3 rings (SSSR count). The molecular weight excluding hydrogens is 230 g/mol. The lowest BCUT2D eigenvalue weighted by Crippen LogP contribution is -2.42. The highest BCUT2D eigenvalue weighted by molar-refractivity contribution is 5.99. The van der Waals surface area contributed by atoms with Crippen molar-refractivity contribution in [2.75, 3.05) is 0 Å². The fourth-order valence-electron chi connectivity index (χ4n) is 2.99. The molecule has 2 unspecified atom stereocenters. The number of carbonyl (C=O) groups excluding carboxylic acids is 2. The number of hydrogen-bond acceptors (Lipinski definition) is 3. The van der Waals surface area contributed by atoms with E-state index >= 15 is 0 Å². The van der Waals surface area contributed by atoms with Crippen LogP contribution in [0.25, 0.3) is 0 Å². The molecule has 3 N–H and O–H groups in total. The van der Waals surface area contributed by atoms with Gasteiger partial charge in [-0.15, -0.1) is 0 Å². The molecule has 1 aromatic heterocycles. The normalized spacial score (nSPS) is 27.8. The number of imide groups is 1. The molecule has 2 atom stereocenters. The first kappa shape index (κ1) is 11.5. The maximum atomic E-state index is 11.9. The summed E-state index contributed by atoms with van der Waals surface area (Å²) in [6, 6.07) is 1.85. The Kier molecular flexibility index (Phi) is 2.70. The van der Waals surface area contributed by atoms with Crippen molar-refractivity contribution >= 4 is 11.8 Å². The van der Waals surface area contributed by atoms with E-state index in [0.29, 0.717) is 12.8 Å². The van der Waals surface area contributed by atoms with Gasteiger partial charge in [-0.25, -0.2) is 0 Å². The molecule has 0 bridgehead atoms. The maximum Gasteiger partial charge on any atom is 0.249 e. The van der Waals surface area contributed by atoms with Gasteiger partial charge in [-0.1, -0.05) is 0 Å². The van der Waals surface area contributed by atoms with Gasteiger partial charge in [-0.2, -0.15) is 0 Å². The number of rotatable bonds is 1. The third-order valence-corrected chi connectivity index (χ3v) is 3.93. The van der Waals surface area contributed by atoms with E-state index in [1.165, 1.54) is 5.69 Å². The van der Waals surface area contributed by atoms with Crippen molar-refractivity contribution in [3.8, 4) is 0 Å². The summed E-state index contributed by atoms with van der Waals surface area (Å²) in [6.07, 6.45) is 5.97. The summed E-state index contributed by atoms with van der Waals surface area (Å²) in [5.74, 6) is -0.363. The van der Waals surface area contributed by atoms with Crippen LogP contribution in [0.2, 0.25) is 0 Å². The van der Waals surface area contributed by atoms with Crippen molar-refractivity contribution < 1.29 is 9.59 Å². The van der Waals surface area contributed by atoms with Gasteiger partial charge in [-0.3, -0.25) is 14.9 Å². The summed E-state index contributed by atoms with van der Waals surface area (Å²) in [7, 11) is 0. The van der Waals surface area contributed by atoms with Crippen molar-refractivity contribution in [1.82, 2.24) is 9.88 Å². The van der Waals surface area contributed by atoms with Crippen molar-refractivity contribution in [3.05, 3.63) is 23.5 Å². The van der Waals surface area contributed by atoms with Gasteiger partial charge < -0.3 is 10.3 Å². The van der Waals surface area contributed by atoms with Crippen LogP contribution in [0.5, 0.6) is 0 Å². The first-order valence-electron chi connectivity index (χ1n) is 6.45. The molecule has 1 fully saturated rings. The molecule has 0 aromatic carbocycles. The minimum Gasteiger partial charge on any atom is -0.339 e. The number of nitrogens with zero attached hydrogens (tertiary/aromatic N) is 1. The number of piperidine rings is 1. The van der Waals surface area contributed by atoms with E-state index in [1.54, 1.807) is 0 Å². The SMILES string of the molecule is NC1CCCc2c1ccn2C1CCC(=O)NC1=O. The maximum absolute atomic E-state index is 11.9. The van der Waals surface area contributed by atoms with Crippen LogP contribution in [-0.2, 0) is 16.0 Å². The third-order valence-electron chi connectivity index (χ3n) is 3.93. The Morgan fingerprint density at radius 2 is 2.11 bits per heavy atom. The zero-order valence-electron chi connectivity index (χ0n) is 10.2. The number of hydrogen-bond donors (Lipinski definition) is 2. The van der Waals surface area contributed by atoms with E-state index in [0.717, 1.165) is 24.8 Å². The average molecular weight is 247 g/mol. The molecular formula is C13H17N3O2. The van der Waals surface area contributed by atoms with Crippen LogP contribution in [0, 0.1) is 0 Å². The summed E-state index contributed by atoms with van der Waals surface area (Å²) in [4.78, 5) is 23.1. The first-order valence-corrected chi connectivity index (χ1v) is 6.45. The minimum atomic E-state index is -0.253. The third kappa shape index (κ3) is 1.75. The molecule has 0 saturated carbocycles. The summed E-state index contributed by atoms with van der Waals surface area (Å²) in [5, 5.41) is 2.41. The lowest BCUT2D eigenvalue weighted by molar-refractivity contribution is -0.135. The largest absolute Gasteiger partial charge is 0.339 e. The fraction of sp³-hybridized carbons (Fsp3) is 0.538. The molecule has 2 amide bonds. The van der Waals surface area contributed by atoms with Gasteiger partial charge in [0.1, 0.15) is 6.04 Å². The van der Waals surface area contributed by atoms with Crippen LogP contribution in [-0.4, -0.2) is 16.4 Å². The van der Waals surface area contributed by atoms with E-state index in [1.807, 2.05) is 16.8 Å². The highest BCUT2D eigenvalue weighted by Crippen LogP contribution is 2.32. The van der Waals surface area contributed by atoms with Crippen molar-refractivity contribution in [1.29, 1.82) is 0 Å². The first-order chi connectivity index (χ1) is 8.66. The van der Waals surface area contributed by atoms with Crippen LogP contribution in [0.3, 0.4) is 0 Å². The molecule has 1 aromatic rings. The molecule has 5 heteroatoms. The Balaban J connectivity index is 1.93. The smallest absolute Gasteiger partial charge is 0.249 e.